The predicted molar refractivity (Wildman–Crippen MR) is 106 cm³/mol. The second-order valence-electron chi connectivity index (χ2n) is 6.28. The Morgan fingerprint density at radius 3 is 2.59 bits per heavy atom. The highest BCUT2D eigenvalue weighted by Crippen LogP contribution is 2.27. The van der Waals surface area contributed by atoms with E-state index in [0.717, 1.165) is 38.3 Å². The van der Waals surface area contributed by atoms with Crippen molar-refractivity contribution in [1.82, 2.24) is 5.06 Å². The lowest BCUT2D eigenvalue weighted by Crippen LogP contribution is -2.27. The largest absolute Gasteiger partial charge is 0.495 e. The predicted octanol–water partition coefficient (Wildman–Crippen LogP) is 4.55. The van der Waals surface area contributed by atoms with Gasteiger partial charge < -0.3 is 4.74 Å². The molecular weight excluding hydrogens is 338 g/mol. The van der Waals surface area contributed by atoms with Gasteiger partial charge in [-0.05, 0) is 36.1 Å². The average Bonchev–Trinajstić information content (AvgIpc) is 2.70. The third-order valence-electron chi connectivity index (χ3n) is 4.50. The van der Waals surface area contributed by atoms with Gasteiger partial charge in [0, 0.05) is 17.9 Å². The van der Waals surface area contributed by atoms with Gasteiger partial charge in [0.15, 0.2) is 0 Å². The summed E-state index contributed by atoms with van der Waals surface area (Å²) >= 11 is 0. The standard InChI is InChI=1S/C23H21NO3/c1-16(24(26)17(2)25)20-9-6-7-18(15-20)11-13-22-21-10-5-4-8-19(21)12-14-23(22)27-3/h4-10,12,14-16,26H,1-3H3. The van der Waals surface area contributed by atoms with Crippen LogP contribution in [0.5, 0.6) is 5.75 Å². The molecule has 0 aliphatic rings. The molecule has 27 heavy (non-hydrogen) atoms. The van der Waals surface area contributed by atoms with Crippen LogP contribution in [0.25, 0.3) is 10.8 Å². The quantitative estimate of drug-likeness (QED) is 0.424. The average molecular weight is 359 g/mol. The fraction of sp³-hybridized carbons (Fsp3) is 0.174. The minimum absolute atomic E-state index is 0.403. The van der Waals surface area contributed by atoms with Gasteiger partial charge in [-0.1, -0.05) is 54.3 Å². The number of nitrogens with zero attached hydrogens (tertiary/aromatic N) is 1. The van der Waals surface area contributed by atoms with Crippen LogP contribution >= 0.6 is 0 Å². The molecule has 1 N–H and O–H groups in total. The molecule has 136 valence electrons. The summed E-state index contributed by atoms with van der Waals surface area (Å²) in [6, 6.07) is 19.0. The molecule has 1 atom stereocenters. The first-order valence-corrected chi connectivity index (χ1v) is 8.67. The lowest BCUT2D eigenvalue weighted by Gasteiger charge is -2.21. The number of fused-ring (bicyclic) bond motifs is 1. The van der Waals surface area contributed by atoms with E-state index in [0.29, 0.717) is 0 Å². The minimum Gasteiger partial charge on any atom is -0.495 e. The van der Waals surface area contributed by atoms with Crippen LogP contribution in [0.3, 0.4) is 0 Å². The van der Waals surface area contributed by atoms with Crippen molar-refractivity contribution < 1.29 is 14.7 Å². The van der Waals surface area contributed by atoms with Crippen molar-refractivity contribution in [2.45, 2.75) is 19.9 Å². The van der Waals surface area contributed by atoms with Gasteiger partial charge in [0.25, 0.3) is 0 Å². The maximum absolute atomic E-state index is 11.4. The van der Waals surface area contributed by atoms with Crippen molar-refractivity contribution in [1.29, 1.82) is 0 Å². The molecule has 4 heteroatoms. The second kappa shape index (κ2) is 7.94. The Morgan fingerprint density at radius 2 is 1.85 bits per heavy atom. The van der Waals surface area contributed by atoms with Crippen LogP contribution in [0.4, 0.5) is 0 Å². The Balaban J connectivity index is 2.01. The van der Waals surface area contributed by atoms with Gasteiger partial charge in [0.2, 0.25) is 5.91 Å². The topological polar surface area (TPSA) is 49.8 Å². The first kappa shape index (κ1) is 18.5. The van der Waals surface area contributed by atoms with E-state index in [1.54, 1.807) is 14.0 Å². The van der Waals surface area contributed by atoms with Crippen molar-refractivity contribution in [3.8, 4) is 17.6 Å². The monoisotopic (exact) mass is 359 g/mol. The first-order chi connectivity index (χ1) is 13.0. The lowest BCUT2D eigenvalue weighted by molar-refractivity contribution is -0.172. The van der Waals surface area contributed by atoms with Gasteiger partial charge in [-0.3, -0.25) is 10.0 Å². The number of hydrogen-bond donors (Lipinski definition) is 1. The molecule has 0 bridgehead atoms. The molecule has 1 unspecified atom stereocenters. The van der Waals surface area contributed by atoms with E-state index in [1.165, 1.54) is 6.92 Å². The number of hydroxylamine groups is 2. The summed E-state index contributed by atoms with van der Waals surface area (Å²) in [5.74, 6) is 6.72. The molecule has 0 fully saturated rings. The summed E-state index contributed by atoms with van der Waals surface area (Å²) in [5, 5.41) is 12.7. The van der Waals surface area contributed by atoms with Crippen molar-refractivity contribution in [3.63, 3.8) is 0 Å². The molecule has 0 radical (unpaired) electrons. The maximum atomic E-state index is 11.4. The Hall–Kier alpha value is -3.29. The third-order valence-corrected chi connectivity index (χ3v) is 4.50. The van der Waals surface area contributed by atoms with E-state index < -0.39 is 11.9 Å². The number of ether oxygens (including phenoxy) is 1. The third kappa shape index (κ3) is 3.94. The van der Waals surface area contributed by atoms with E-state index >= 15 is 0 Å². The van der Waals surface area contributed by atoms with Gasteiger partial charge in [-0.15, -0.1) is 0 Å². The Bertz CT molecular complexity index is 1050. The van der Waals surface area contributed by atoms with E-state index in [9.17, 15) is 10.0 Å². The van der Waals surface area contributed by atoms with Gasteiger partial charge in [0.05, 0.1) is 18.7 Å². The Kier molecular flexibility index (Phi) is 5.44. The summed E-state index contributed by atoms with van der Waals surface area (Å²) in [6.45, 7) is 3.09. The number of benzene rings is 3. The van der Waals surface area contributed by atoms with Crippen LogP contribution < -0.4 is 4.74 Å². The molecule has 4 nitrogen and oxygen atoms in total. The molecule has 3 aromatic rings. The Labute approximate surface area is 159 Å². The molecule has 0 saturated heterocycles. The molecule has 0 aromatic heterocycles. The fourth-order valence-electron chi connectivity index (χ4n) is 2.98. The van der Waals surface area contributed by atoms with E-state index in [1.807, 2.05) is 60.7 Å². The fourth-order valence-corrected chi connectivity index (χ4v) is 2.98. The maximum Gasteiger partial charge on any atom is 0.243 e. The molecule has 0 aliphatic heterocycles. The van der Waals surface area contributed by atoms with Gasteiger partial charge >= 0.3 is 0 Å². The van der Waals surface area contributed by atoms with Gasteiger partial charge in [-0.25, -0.2) is 5.06 Å². The number of carbonyl (C=O) groups is 1. The molecule has 0 saturated carbocycles. The zero-order valence-corrected chi connectivity index (χ0v) is 15.6. The van der Waals surface area contributed by atoms with E-state index in [4.69, 9.17) is 4.74 Å². The molecule has 1 amide bonds. The first-order valence-electron chi connectivity index (χ1n) is 8.67. The van der Waals surface area contributed by atoms with Crippen molar-refractivity contribution in [2.75, 3.05) is 7.11 Å². The summed E-state index contributed by atoms with van der Waals surface area (Å²) in [5.41, 5.74) is 2.44. The second-order valence-corrected chi connectivity index (χ2v) is 6.28. The number of methoxy groups -OCH3 is 1. The van der Waals surface area contributed by atoms with E-state index in [-0.39, 0.29) is 0 Å². The van der Waals surface area contributed by atoms with Gasteiger partial charge in [0.1, 0.15) is 5.75 Å². The molecule has 0 aliphatic carbocycles. The zero-order chi connectivity index (χ0) is 19.4. The van der Waals surface area contributed by atoms with Crippen LogP contribution in [0.15, 0.2) is 60.7 Å². The summed E-state index contributed by atoms with van der Waals surface area (Å²) in [6.07, 6.45) is 0. The van der Waals surface area contributed by atoms with E-state index in [2.05, 4.69) is 11.8 Å². The Morgan fingerprint density at radius 1 is 1.07 bits per heavy atom. The molecule has 0 spiro atoms. The van der Waals surface area contributed by atoms with Crippen LogP contribution in [0.2, 0.25) is 0 Å². The smallest absolute Gasteiger partial charge is 0.243 e. The number of hydrogen-bond acceptors (Lipinski definition) is 3. The molecule has 0 heterocycles. The highest BCUT2D eigenvalue weighted by atomic mass is 16.5. The zero-order valence-electron chi connectivity index (χ0n) is 15.6. The highest BCUT2D eigenvalue weighted by Gasteiger charge is 2.16. The summed E-state index contributed by atoms with van der Waals surface area (Å²) < 4.78 is 5.48. The van der Waals surface area contributed by atoms with Crippen molar-refractivity contribution in [2.24, 2.45) is 0 Å². The van der Waals surface area contributed by atoms with Crippen LogP contribution in [0.1, 0.15) is 36.6 Å². The van der Waals surface area contributed by atoms with Crippen molar-refractivity contribution >= 4 is 16.7 Å². The van der Waals surface area contributed by atoms with Crippen LogP contribution in [-0.2, 0) is 4.79 Å². The molecule has 3 aromatic carbocycles. The number of amides is 1. The molecular formula is C23H21NO3. The number of carbonyl (C=O) groups excluding carboxylic acids is 1. The van der Waals surface area contributed by atoms with Crippen LogP contribution in [-0.4, -0.2) is 23.3 Å². The highest BCUT2D eigenvalue weighted by molar-refractivity contribution is 5.90. The van der Waals surface area contributed by atoms with Crippen LogP contribution in [0, 0.1) is 11.8 Å². The molecule has 3 rings (SSSR count). The number of rotatable bonds is 3. The van der Waals surface area contributed by atoms with Crippen molar-refractivity contribution in [3.05, 3.63) is 77.4 Å². The minimum atomic E-state index is -0.448. The normalized spacial score (nSPS) is 11.4. The lowest BCUT2D eigenvalue weighted by atomic mass is 10.0. The van der Waals surface area contributed by atoms with Gasteiger partial charge in [-0.2, -0.15) is 0 Å². The summed E-state index contributed by atoms with van der Waals surface area (Å²) in [7, 11) is 1.63. The summed E-state index contributed by atoms with van der Waals surface area (Å²) in [4.78, 5) is 11.4. The SMILES string of the molecule is COc1ccc2ccccc2c1C#Cc1cccc(C(C)N(O)C(C)=O)c1.